The Kier molecular flexibility index (Phi) is 16.7. The molecular weight excluding hydrogens is 744 g/mol. The lowest BCUT2D eigenvalue weighted by atomic mass is 10.0. The minimum absolute atomic E-state index is 0.0149. The summed E-state index contributed by atoms with van der Waals surface area (Å²) in [5, 5.41) is 13.7. The van der Waals surface area contributed by atoms with E-state index in [1.165, 1.54) is 4.90 Å². The topological polar surface area (TPSA) is 140 Å². The van der Waals surface area contributed by atoms with Crippen LogP contribution in [0.4, 0.5) is 0 Å². The van der Waals surface area contributed by atoms with Crippen LogP contribution >= 0.6 is 22.9 Å². The molecule has 5 rings (SSSR count). The highest BCUT2D eigenvalue weighted by atomic mass is 35.5. The second kappa shape index (κ2) is 21.6. The van der Waals surface area contributed by atoms with Gasteiger partial charge in [0.1, 0.15) is 24.4 Å². The Labute approximate surface area is 333 Å². The molecule has 3 amide bonds. The van der Waals surface area contributed by atoms with Crippen LogP contribution in [0.2, 0.25) is 0 Å². The molecule has 0 bridgehead atoms. The number of ether oxygens (including phenoxy) is 4. The summed E-state index contributed by atoms with van der Waals surface area (Å²) < 4.78 is 23.2. The van der Waals surface area contributed by atoms with Gasteiger partial charge >= 0.3 is 0 Å². The Balaban J connectivity index is 1.14. The van der Waals surface area contributed by atoms with Crippen LogP contribution in [0.1, 0.15) is 73.1 Å². The zero-order chi connectivity index (χ0) is 39.2. The first-order chi connectivity index (χ1) is 26.7. The number of β-amino-alcohol motifs (C(OH)–C–C–N with tert-alkyl or cyclic N) is 1. The minimum Gasteiger partial charge on any atom is -0.491 e. The lowest BCUT2D eigenvalue weighted by Gasteiger charge is -2.35. The highest BCUT2D eigenvalue weighted by Gasteiger charge is 2.45. The average molecular weight is 799 g/mol. The fourth-order valence-corrected chi connectivity index (χ4v) is 8.01. The second-order valence-electron chi connectivity index (χ2n) is 14.3. The maximum Gasteiger partial charge on any atom is 0.255 e. The van der Waals surface area contributed by atoms with E-state index in [1.807, 2.05) is 57.2 Å². The average Bonchev–Trinajstić information content (AvgIpc) is 3.88. The largest absolute Gasteiger partial charge is 0.491 e. The Morgan fingerprint density at radius 2 is 1.69 bits per heavy atom. The van der Waals surface area contributed by atoms with Crippen molar-refractivity contribution >= 4 is 40.7 Å². The lowest BCUT2D eigenvalue weighted by Crippen LogP contribution is -2.55. The molecule has 1 saturated heterocycles. The molecule has 0 spiro atoms. The number of thiazole rings is 1. The van der Waals surface area contributed by atoms with Gasteiger partial charge in [-0.2, -0.15) is 0 Å². The number of aliphatic hydroxyl groups excluding tert-OH is 1. The summed E-state index contributed by atoms with van der Waals surface area (Å²) in [5.74, 6) is 0.167. The number of unbranched alkanes of at least 4 members (excludes halogenated alkanes) is 3. The van der Waals surface area contributed by atoms with Crippen LogP contribution in [0.5, 0.6) is 5.75 Å². The van der Waals surface area contributed by atoms with Crippen molar-refractivity contribution in [2.24, 2.45) is 5.92 Å². The second-order valence-corrected chi connectivity index (χ2v) is 15.5. The summed E-state index contributed by atoms with van der Waals surface area (Å²) in [7, 11) is 0. The molecular formula is C41H55ClN4O8S. The molecule has 2 N–H and O–H groups in total. The summed E-state index contributed by atoms with van der Waals surface area (Å²) in [6.45, 7) is 9.51. The zero-order valence-corrected chi connectivity index (χ0v) is 33.7. The number of aliphatic hydroxyl groups is 1. The molecule has 3 aromatic rings. The molecule has 55 heavy (non-hydrogen) atoms. The van der Waals surface area contributed by atoms with Crippen LogP contribution in [0.25, 0.3) is 10.4 Å². The van der Waals surface area contributed by atoms with E-state index in [9.17, 15) is 19.5 Å². The van der Waals surface area contributed by atoms with Gasteiger partial charge in [0.25, 0.3) is 5.91 Å². The number of carbonyl (C=O) groups excluding carboxylic acids is 3. The van der Waals surface area contributed by atoms with Gasteiger partial charge in [0.15, 0.2) is 0 Å². The molecule has 2 aromatic carbocycles. The number of hydrogen-bond donors (Lipinski definition) is 2. The monoisotopic (exact) mass is 798 g/mol. The standard InChI is InChI=1S/C41H55ClN4O8S/c1-28(2)37(46-25-32-10-6-7-11-34(32)40(46)49)41(50)45-26-33(47)23-35(45)39(48)43-24-31-13-12-30(38-29(3)44-27-55-38)22-36(31)54-21-20-53-19-18-52-17-16-51-15-9-5-4-8-14-42/h6-7,10-13,22,27-28,33,35,37,47H,4-5,8-9,14-21,23-26H2,1-3H3,(H,43,48). The summed E-state index contributed by atoms with van der Waals surface area (Å²) in [6.07, 6.45) is 3.58. The molecule has 14 heteroatoms. The fraction of sp³-hybridized carbons (Fsp3) is 0.561. The first-order valence-electron chi connectivity index (χ1n) is 19.3. The van der Waals surface area contributed by atoms with Gasteiger partial charge in [0.05, 0.1) is 55.2 Å². The Morgan fingerprint density at radius 1 is 0.982 bits per heavy atom. The number of alkyl halides is 1. The van der Waals surface area contributed by atoms with Crippen molar-refractivity contribution in [3.8, 4) is 16.2 Å². The third kappa shape index (κ3) is 11.7. The number of aryl methyl sites for hydroxylation is 1. The van der Waals surface area contributed by atoms with E-state index in [0.717, 1.165) is 59.6 Å². The maximum absolute atomic E-state index is 14.1. The van der Waals surface area contributed by atoms with E-state index in [4.69, 9.17) is 30.5 Å². The van der Waals surface area contributed by atoms with E-state index >= 15 is 0 Å². The van der Waals surface area contributed by atoms with Crippen LogP contribution in [-0.4, -0.2) is 114 Å². The Hall–Kier alpha value is -3.59. The van der Waals surface area contributed by atoms with Crippen LogP contribution < -0.4 is 10.1 Å². The lowest BCUT2D eigenvalue weighted by molar-refractivity contribution is -0.143. The Bertz CT molecular complexity index is 1710. The molecule has 3 atom stereocenters. The molecule has 0 aliphatic carbocycles. The van der Waals surface area contributed by atoms with Gasteiger partial charge in [-0.3, -0.25) is 14.4 Å². The van der Waals surface area contributed by atoms with Gasteiger partial charge in [0, 0.05) is 49.7 Å². The number of fused-ring (bicyclic) bond motifs is 1. The van der Waals surface area contributed by atoms with Gasteiger partial charge < -0.3 is 39.2 Å². The molecule has 3 unspecified atom stereocenters. The zero-order valence-electron chi connectivity index (χ0n) is 32.2. The number of halogens is 1. The van der Waals surface area contributed by atoms with Gasteiger partial charge in [-0.25, -0.2) is 4.98 Å². The van der Waals surface area contributed by atoms with Crippen molar-refractivity contribution in [3.63, 3.8) is 0 Å². The molecule has 3 heterocycles. The van der Waals surface area contributed by atoms with Crippen LogP contribution in [0, 0.1) is 12.8 Å². The van der Waals surface area contributed by atoms with Crippen molar-refractivity contribution in [2.45, 2.75) is 84.2 Å². The fourth-order valence-electron chi connectivity index (χ4n) is 7.02. The van der Waals surface area contributed by atoms with Crippen LogP contribution in [-0.2, 0) is 36.9 Å². The van der Waals surface area contributed by atoms with Crippen molar-refractivity contribution in [1.82, 2.24) is 20.1 Å². The number of nitrogens with one attached hydrogen (secondary N) is 1. The number of benzene rings is 2. The molecule has 1 fully saturated rings. The number of carbonyl (C=O) groups is 3. The first kappa shape index (κ1) is 42.6. The number of aromatic nitrogens is 1. The number of rotatable bonds is 23. The van der Waals surface area contributed by atoms with Gasteiger partial charge in [0.2, 0.25) is 11.8 Å². The van der Waals surface area contributed by atoms with Crippen molar-refractivity contribution in [3.05, 3.63) is 70.4 Å². The highest BCUT2D eigenvalue weighted by molar-refractivity contribution is 7.13. The number of nitrogens with zero attached hydrogens (tertiary/aromatic N) is 3. The molecule has 12 nitrogen and oxygen atoms in total. The van der Waals surface area contributed by atoms with E-state index < -0.39 is 18.2 Å². The van der Waals surface area contributed by atoms with Crippen molar-refractivity contribution < 1.29 is 38.4 Å². The summed E-state index contributed by atoms with van der Waals surface area (Å²) in [4.78, 5) is 49.7. The van der Waals surface area contributed by atoms with E-state index in [0.29, 0.717) is 56.8 Å². The SMILES string of the molecule is Cc1ncsc1-c1ccc(CNC(=O)C2CC(O)CN2C(=O)C(C(C)C)N2Cc3ccccc3C2=O)c(OCCOCCOCCOCCCCCCCl)c1. The summed E-state index contributed by atoms with van der Waals surface area (Å²) in [5.41, 5.74) is 5.87. The van der Waals surface area contributed by atoms with E-state index in [2.05, 4.69) is 10.3 Å². The Morgan fingerprint density at radius 3 is 2.38 bits per heavy atom. The van der Waals surface area contributed by atoms with E-state index in [-0.39, 0.29) is 49.8 Å². The third-order valence-electron chi connectivity index (χ3n) is 9.86. The molecule has 1 aromatic heterocycles. The van der Waals surface area contributed by atoms with Gasteiger partial charge in [-0.1, -0.05) is 57.0 Å². The normalized spacial score (nSPS) is 17.2. The molecule has 0 saturated carbocycles. The summed E-state index contributed by atoms with van der Waals surface area (Å²) in [6, 6.07) is 11.5. The predicted molar refractivity (Wildman–Crippen MR) is 212 cm³/mol. The van der Waals surface area contributed by atoms with Crippen LogP contribution in [0.15, 0.2) is 48.0 Å². The van der Waals surface area contributed by atoms with Gasteiger partial charge in [-0.05, 0) is 48.9 Å². The van der Waals surface area contributed by atoms with Crippen molar-refractivity contribution in [1.29, 1.82) is 0 Å². The molecule has 0 radical (unpaired) electrons. The molecule has 2 aliphatic rings. The van der Waals surface area contributed by atoms with Crippen molar-refractivity contribution in [2.75, 3.05) is 58.7 Å². The smallest absolute Gasteiger partial charge is 0.255 e. The number of likely N-dealkylation sites (tertiary alicyclic amines) is 1. The predicted octanol–water partition coefficient (Wildman–Crippen LogP) is 5.60. The molecule has 2 aliphatic heterocycles. The van der Waals surface area contributed by atoms with Crippen LogP contribution in [0.3, 0.4) is 0 Å². The number of hydrogen-bond acceptors (Lipinski definition) is 10. The quantitative estimate of drug-likeness (QED) is 0.0927. The van der Waals surface area contributed by atoms with E-state index in [1.54, 1.807) is 27.8 Å². The summed E-state index contributed by atoms with van der Waals surface area (Å²) >= 11 is 7.25. The first-order valence-corrected chi connectivity index (χ1v) is 20.7. The highest BCUT2D eigenvalue weighted by Crippen LogP contribution is 2.33. The third-order valence-corrected chi connectivity index (χ3v) is 11.1. The number of amides is 3. The van der Waals surface area contributed by atoms with Gasteiger partial charge in [-0.15, -0.1) is 22.9 Å². The minimum atomic E-state index is -0.888. The maximum atomic E-state index is 14.1. The molecule has 300 valence electrons.